The number of nitrogens with zero attached hydrogens (tertiary/aromatic N) is 1. The Balaban J connectivity index is 2.59. The van der Waals surface area contributed by atoms with Gasteiger partial charge in [0.25, 0.3) is 0 Å². The minimum Gasteiger partial charge on any atom is -0.481 e. The molecule has 132 valence electrons. The molecule has 2 atom stereocenters. The zero-order valence-electron chi connectivity index (χ0n) is 14.6. The number of carbonyl (C=O) groups is 2. The van der Waals surface area contributed by atoms with E-state index in [0.717, 1.165) is 6.42 Å². The number of carbonyl (C=O) groups excluding carboxylic acids is 1. The Morgan fingerprint density at radius 3 is 2.48 bits per heavy atom. The van der Waals surface area contributed by atoms with Crippen LogP contribution in [0.25, 0.3) is 0 Å². The van der Waals surface area contributed by atoms with Crippen LogP contribution in [0.15, 0.2) is 11.6 Å². The second kappa shape index (κ2) is 7.81. The number of amides is 1. The average molecular weight is 327 g/mol. The van der Waals surface area contributed by atoms with Crippen molar-refractivity contribution >= 4 is 12.1 Å². The maximum atomic E-state index is 12.1. The van der Waals surface area contributed by atoms with E-state index in [9.17, 15) is 14.7 Å². The largest absolute Gasteiger partial charge is 0.481 e. The van der Waals surface area contributed by atoms with Crippen molar-refractivity contribution in [1.29, 1.82) is 0 Å². The Morgan fingerprint density at radius 1 is 1.26 bits per heavy atom. The Bertz CT molecular complexity index is 468. The number of hydrogen-bond donors (Lipinski definition) is 2. The summed E-state index contributed by atoms with van der Waals surface area (Å²) >= 11 is 0. The van der Waals surface area contributed by atoms with E-state index in [4.69, 9.17) is 9.84 Å². The van der Waals surface area contributed by atoms with Gasteiger partial charge in [0.15, 0.2) is 11.3 Å². The van der Waals surface area contributed by atoms with Gasteiger partial charge in [-0.15, -0.1) is 0 Å². The van der Waals surface area contributed by atoms with Gasteiger partial charge in [-0.3, -0.25) is 9.69 Å². The first-order valence-corrected chi connectivity index (χ1v) is 8.18. The molecule has 0 aromatic carbocycles. The van der Waals surface area contributed by atoms with Crippen molar-refractivity contribution in [3.8, 4) is 0 Å². The van der Waals surface area contributed by atoms with E-state index in [1.807, 2.05) is 13.8 Å². The van der Waals surface area contributed by atoms with Gasteiger partial charge in [0.05, 0.1) is 0 Å². The summed E-state index contributed by atoms with van der Waals surface area (Å²) in [5, 5.41) is 19.4. The number of rotatable bonds is 9. The Kier molecular flexibility index (Phi) is 6.62. The number of carboxylic acid groups (broad SMARTS) is 1. The van der Waals surface area contributed by atoms with Crippen molar-refractivity contribution in [2.75, 3.05) is 6.54 Å². The molecule has 1 rings (SSSR count). The van der Waals surface area contributed by atoms with Crippen molar-refractivity contribution in [3.05, 3.63) is 11.6 Å². The lowest BCUT2D eigenvalue weighted by molar-refractivity contribution is -0.139. The smallest absolute Gasteiger partial charge is 0.412 e. The molecule has 0 radical (unpaired) electrons. The molecule has 23 heavy (non-hydrogen) atoms. The quantitative estimate of drug-likeness (QED) is 0.501. The first kappa shape index (κ1) is 19.5. The molecule has 2 N–H and O–H groups in total. The van der Waals surface area contributed by atoms with Crippen LogP contribution in [0.2, 0.25) is 0 Å². The molecule has 0 spiro atoms. The van der Waals surface area contributed by atoms with Crippen LogP contribution in [0.3, 0.4) is 0 Å². The molecule has 1 heterocycles. The summed E-state index contributed by atoms with van der Waals surface area (Å²) in [6.45, 7) is 7.74. The van der Waals surface area contributed by atoms with E-state index in [1.165, 1.54) is 10.5 Å². The second-order valence-electron chi connectivity index (χ2n) is 6.80. The molecular formula is C17H29NO5. The van der Waals surface area contributed by atoms with E-state index < -0.39 is 23.4 Å². The highest BCUT2D eigenvalue weighted by Gasteiger charge is 2.58. The average Bonchev–Trinajstić information content (AvgIpc) is 2.56. The van der Waals surface area contributed by atoms with Gasteiger partial charge in [-0.25, -0.2) is 4.79 Å². The van der Waals surface area contributed by atoms with E-state index in [2.05, 4.69) is 6.08 Å². The van der Waals surface area contributed by atoms with Gasteiger partial charge in [0, 0.05) is 13.0 Å². The fraction of sp³-hybridized carbons (Fsp3) is 0.765. The van der Waals surface area contributed by atoms with Gasteiger partial charge in [-0.1, -0.05) is 18.1 Å². The topological polar surface area (TPSA) is 87.1 Å². The molecule has 1 fully saturated rings. The number of allylic oxidation sites excluding steroid dienone is 2. The lowest BCUT2D eigenvalue weighted by Gasteiger charge is -2.37. The van der Waals surface area contributed by atoms with E-state index in [0.29, 0.717) is 32.2 Å². The van der Waals surface area contributed by atoms with Crippen LogP contribution in [-0.2, 0) is 9.53 Å². The predicted molar refractivity (Wildman–Crippen MR) is 87.0 cm³/mol. The lowest BCUT2D eigenvalue weighted by atomic mass is 9.88. The summed E-state index contributed by atoms with van der Waals surface area (Å²) in [5.41, 5.74) is -1.13. The molecule has 6 nitrogen and oxygen atoms in total. The molecule has 0 aliphatic carbocycles. The normalized spacial score (nSPS) is 27.0. The lowest BCUT2D eigenvalue weighted by Crippen LogP contribution is -2.55. The summed E-state index contributed by atoms with van der Waals surface area (Å²) in [4.78, 5) is 23.9. The van der Waals surface area contributed by atoms with E-state index in [-0.39, 0.29) is 6.42 Å². The monoisotopic (exact) mass is 327 g/mol. The summed E-state index contributed by atoms with van der Waals surface area (Å²) in [5.74, 6) is -0.815. The highest BCUT2D eigenvalue weighted by Crippen LogP contribution is 2.40. The number of cyclic esters (lactones) is 1. The fourth-order valence-corrected chi connectivity index (χ4v) is 2.76. The van der Waals surface area contributed by atoms with Crippen molar-refractivity contribution < 1.29 is 24.5 Å². The molecule has 2 unspecified atom stereocenters. The van der Waals surface area contributed by atoms with Gasteiger partial charge >= 0.3 is 12.1 Å². The number of unbranched alkanes of at least 4 members (excludes halogenated alkanes) is 2. The third kappa shape index (κ3) is 4.96. The first-order chi connectivity index (χ1) is 10.6. The maximum Gasteiger partial charge on any atom is 0.412 e. The van der Waals surface area contributed by atoms with Crippen LogP contribution >= 0.6 is 0 Å². The van der Waals surface area contributed by atoms with Crippen LogP contribution in [0.1, 0.15) is 66.2 Å². The zero-order valence-corrected chi connectivity index (χ0v) is 14.6. The van der Waals surface area contributed by atoms with Crippen molar-refractivity contribution in [3.63, 3.8) is 0 Å². The molecule has 1 aliphatic heterocycles. The maximum absolute atomic E-state index is 12.1. The Morgan fingerprint density at radius 2 is 1.91 bits per heavy atom. The van der Waals surface area contributed by atoms with Crippen molar-refractivity contribution in [1.82, 2.24) is 4.90 Å². The summed E-state index contributed by atoms with van der Waals surface area (Å²) in [6, 6.07) is 0. The van der Waals surface area contributed by atoms with Crippen molar-refractivity contribution in [2.24, 2.45) is 0 Å². The standard InChI is InChI=1S/C17H29NO5/c1-13(2)9-8-11-16(3)17(4,22)18(15(21)23-16)12-7-5-6-10-14(19)20/h9,22H,5-8,10-12H2,1-4H3,(H,19,20). The number of ether oxygens (including phenoxy) is 1. The Hall–Kier alpha value is -1.56. The van der Waals surface area contributed by atoms with Gasteiger partial charge in [-0.2, -0.15) is 0 Å². The van der Waals surface area contributed by atoms with Crippen LogP contribution in [0.5, 0.6) is 0 Å². The predicted octanol–water partition coefficient (Wildman–Crippen LogP) is 3.30. The first-order valence-electron chi connectivity index (χ1n) is 8.18. The second-order valence-corrected chi connectivity index (χ2v) is 6.80. The summed E-state index contributed by atoms with van der Waals surface area (Å²) in [7, 11) is 0. The number of carboxylic acids is 1. The molecule has 0 saturated carbocycles. The van der Waals surface area contributed by atoms with Gasteiger partial charge in [0.2, 0.25) is 0 Å². The number of hydrogen-bond acceptors (Lipinski definition) is 4. The van der Waals surface area contributed by atoms with Gasteiger partial charge < -0.3 is 14.9 Å². The molecule has 0 bridgehead atoms. The third-order valence-electron chi connectivity index (χ3n) is 4.51. The van der Waals surface area contributed by atoms with Crippen LogP contribution in [-0.4, -0.2) is 45.0 Å². The van der Waals surface area contributed by atoms with Crippen LogP contribution in [0.4, 0.5) is 4.79 Å². The summed E-state index contributed by atoms with van der Waals surface area (Å²) in [6.07, 6.45) is 4.86. The SMILES string of the molecule is CC(C)=CCCC1(C)OC(=O)N(CCCCCC(=O)O)C1(C)O. The van der Waals surface area contributed by atoms with Gasteiger partial charge in [0.1, 0.15) is 0 Å². The highest BCUT2D eigenvalue weighted by atomic mass is 16.6. The Labute approximate surface area is 138 Å². The number of aliphatic carboxylic acids is 1. The van der Waals surface area contributed by atoms with Crippen LogP contribution in [0, 0.1) is 0 Å². The molecule has 0 aromatic rings. The van der Waals surface area contributed by atoms with Crippen LogP contribution < -0.4 is 0 Å². The minimum atomic E-state index is -1.37. The molecule has 1 saturated heterocycles. The molecular weight excluding hydrogens is 298 g/mol. The minimum absolute atomic E-state index is 0.126. The molecule has 1 aliphatic rings. The van der Waals surface area contributed by atoms with Crippen molar-refractivity contribution in [2.45, 2.75) is 77.5 Å². The summed E-state index contributed by atoms with van der Waals surface area (Å²) < 4.78 is 5.47. The molecule has 1 amide bonds. The highest BCUT2D eigenvalue weighted by molar-refractivity contribution is 5.72. The van der Waals surface area contributed by atoms with Gasteiger partial charge in [-0.05, 0) is 53.4 Å². The van der Waals surface area contributed by atoms with E-state index >= 15 is 0 Å². The fourth-order valence-electron chi connectivity index (χ4n) is 2.76. The number of aliphatic hydroxyl groups is 1. The van der Waals surface area contributed by atoms with E-state index in [1.54, 1.807) is 13.8 Å². The molecule has 6 heteroatoms. The third-order valence-corrected chi connectivity index (χ3v) is 4.51. The molecule has 0 aromatic heterocycles. The zero-order chi connectivity index (χ0) is 17.7.